The Labute approximate surface area is 200 Å². The van der Waals surface area contributed by atoms with Gasteiger partial charge in [0.1, 0.15) is 6.10 Å². The minimum absolute atomic E-state index is 0.185. The lowest BCUT2D eigenvalue weighted by atomic mass is 10.2. The zero-order valence-electron chi connectivity index (χ0n) is 20.5. The van der Waals surface area contributed by atoms with Crippen molar-refractivity contribution in [2.75, 3.05) is 19.7 Å². The van der Waals surface area contributed by atoms with Gasteiger partial charge in [0.15, 0.2) is 0 Å². The molecular weight excluding hydrogens is 416 g/mol. The minimum Gasteiger partial charge on any atom is -0.465 e. The predicted octanol–water partition coefficient (Wildman–Crippen LogP) is 6.09. The molecule has 0 aliphatic rings. The molecule has 2 amide bonds. The summed E-state index contributed by atoms with van der Waals surface area (Å²) >= 11 is 0. The fourth-order valence-electron chi connectivity index (χ4n) is 2.81. The number of carbonyl (C=O) groups excluding carboxylic acids is 1. The number of hydrogen-bond donors (Lipinski definition) is 3. The van der Waals surface area contributed by atoms with Crippen LogP contribution in [0.4, 0.5) is 4.79 Å². The Hall–Kier alpha value is -2.60. The summed E-state index contributed by atoms with van der Waals surface area (Å²) < 4.78 is 5.66. The van der Waals surface area contributed by atoms with Gasteiger partial charge in [0.05, 0.1) is 0 Å². The van der Waals surface area contributed by atoms with Gasteiger partial charge in [-0.15, -0.1) is 0 Å². The van der Waals surface area contributed by atoms with Crippen LogP contribution in [0.3, 0.4) is 0 Å². The van der Waals surface area contributed by atoms with E-state index in [1.54, 1.807) is 0 Å². The summed E-state index contributed by atoms with van der Waals surface area (Å²) in [6.07, 6.45) is 28.9. The molecule has 6 nitrogen and oxygen atoms in total. The summed E-state index contributed by atoms with van der Waals surface area (Å²) in [5.74, 6) is -0.192. The van der Waals surface area contributed by atoms with Gasteiger partial charge >= 0.3 is 6.09 Å². The molecular formula is C27H44N2O4. The second-order valence-electron chi connectivity index (χ2n) is 7.49. The van der Waals surface area contributed by atoms with Gasteiger partial charge in [0.25, 0.3) is 0 Å². The number of ether oxygens (including phenoxy) is 1. The molecule has 186 valence electrons. The molecule has 0 spiro atoms. The number of rotatable bonds is 20. The molecule has 0 saturated carbocycles. The van der Waals surface area contributed by atoms with Crippen molar-refractivity contribution in [3.63, 3.8) is 0 Å². The van der Waals surface area contributed by atoms with E-state index in [9.17, 15) is 9.59 Å². The largest absolute Gasteiger partial charge is 0.465 e. The highest BCUT2D eigenvalue weighted by molar-refractivity contribution is 5.80. The Morgan fingerprint density at radius 1 is 0.758 bits per heavy atom. The van der Waals surface area contributed by atoms with E-state index in [1.165, 1.54) is 0 Å². The van der Waals surface area contributed by atoms with Crippen molar-refractivity contribution in [3.8, 4) is 0 Å². The molecule has 0 heterocycles. The molecule has 0 aliphatic heterocycles. The fraction of sp³-hybridized carbons (Fsp3) is 0.556. The summed E-state index contributed by atoms with van der Waals surface area (Å²) in [5, 5.41) is 13.4. The molecule has 0 aromatic rings. The van der Waals surface area contributed by atoms with Gasteiger partial charge in [-0.2, -0.15) is 0 Å². The average molecular weight is 461 g/mol. The van der Waals surface area contributed by atoms with Crippen molar-refractivity contribution in [1.82, 2.24) is 10.6 Å². The first-order valence-corrected chi connectivity index (χ1v) is 12.2. The van der Waals surface area contributed by atoms with Crippen molar-refractivity contribution in [2.45, 2.75) is 77.7 Å². The Bertz CT molecular complexity index is 636. The van der Waals surface area contributed by atoms with Gasteiger partial charge in [-0.1, -0.05) is 74.6 Å². The number of carbonyl (C=O) groups is 2. The standard InChI is InChI=1S/C27H44N2O4/c1-3-5-6-7-8-9-10-11-12-13-14-15-16-17-18-19-20-21-24-33-25(4-2)26(30)28-22-23-29-27(31)32/h5-6,8-9,11-12,14-15,17-18,25,29H,3-4,7,10,13,16,19-24H2,1-2H3,(H,28,30)(H,31,32)/b6-5-,9-8-,12-11-,15-14-,18-17-. The number of unbranched alkanes of at least 4 members (excludes halogenated alkanes) is 2. The molecule has 33 heavy (non-hydrogen) atoms. The highest BCUT2D eigenvalue weighted by Gasteiger charge is 2.15. The summed E-state index contributed by atoms with van der Waals surface area (Å²) in [6, 6.07) is 0. The number of carboxylic acid groups (broad SMARTS) is 1. The highest BCUT2D eigenvalue weighted by atomic mass is 16.5. The van der Waals surface area contributed by atoms with E-state index in [0.29, 0.717) is 13.0 Å². The lowest BCUT2D eigenvalue weighted by Gasteiger charge is -2.15. The molecule has 0 bridgehead atoms. The summed E-state index contributed by atoms with van der Waals surface area (Å²) in [4.78, 5) is 22.4. The van der Waals surface area contributed by atoms with Crippen LogP contribution in [-0.4, -0.2) is 42.9 Å². The number of amides is 2. The Morgan fingerprint density at radius 3 is 1.79 bits per heavy atom. The fourth-order valence-corrected chi connectivity index (χ4v) is 2.81. The smallest absolute Gasteiger partial charge is 0.404 e. The average Bonchev–Trinajstić information content (AvgIpc) is 2.80. The third-order valence-corrected chi connectivity index (χ3v) is 4.61. The van der Waals surface area contributed by atoms with Gasteiger partial charge in [0, 0.05) is 19.7 Å². The summed E-state index contributed by atoms with van der Waals surface area (Å²) in [6.45, 7) is 5.03. The maximum Gasteiger partial charge on any atom is 0.404 e. The van der Waals surface area contributed by atoms with Gasteiger partial charge in [-0.3, -0.25) is 4.79 Å². The molecule has 1 unspecified atom stereocenters. The molecule has 0 rings (SSSR count). The van der Waals surface area contributed by atoms with Gasteiger partial charge < -0.3 is 20.5 Å². The Balaban J connectivity index is 3.67. The third-order valence-electron chi connectivity index (χ3n) is 4.61. The Kier molecular flexibility index (Phi) is 22.2. The van der Waals surface area contributed by atoms with Crippen molar-refractivity contribution in [2.24, 2.45) is 0 Å². The highest BCUT2D eigenvalue weighted by Crippen LogP contribution is 2.04. The second-order valence-corrected chi connectivity index (χ2v) is 7.49. The first kappa shape index (κ1) is 30.4. The number of hydrogen-bond acceptors (Lipinski definition) is 3. The van der Waals surface area contributed by atoms with Crippen LogP contribution < -0.4 is 10.6 Å². The Morgan fingerprint density at radius 2 is 1.27 bits per heavy atom. The lowest BCUT2D eigenvalue weighted by Crippen LogP contribution is -2.40. The van der Waals surface area contributed by atoms with Crippen LogP contribution in [0.1, 0.15) is 71.6 Å². The number of allylic oxidation sites excluding steroid dienone is 10. The van der Waals surface area contributed by atoms with E-state index in [4.69, 9.17) is 9.84 Å². The maximum absolute atomic E-state index is 12.0. The maximum atomic E-state index is 12.0. The van der Waals surface area contributed by atoms with Crippen molar-refractivity contribution in [1.29, 1.82) is 0 Å². The first-order valence-electron chi connectivity index (χ1n) is 12.2. The van der Waals surface area contributed by atoms with Crippen molar-refractivity contribution in [3.05, 3.63) is 60.8 Å². The van der Waals surface area contributed by atoms with Crippen LogP contribution in [-0.2, 0) is 9.53 Å². The van der Waals surface area contributed by atoms with E-state index in [1.807, 2.05) is 6.92 Å². The van der Waals surface area contributed by atoms with Gasteiger partial charge in [-0.25, -0.2) is 4.79 Å². The minimum atomic E-state index is -1.10. The van der Waals surface area contributed by atoms with E-state index >= 15 is 0 Å². The van der Waals surface area contributed by atoms with Gasteiger partial charge in [0.2, 0.25) is 5.91 Å². The third kappa shape index (κ3) is 22.4. The van der Waals surface area contributed by atoms with Crippen LogP contribution in [0, 0.1) is 0 Å². The van der Waals surface area contributed by atoms with E-state index < -0.39 is 12.2 Å². The zero-order chi connectivity index (χ0) is 24.4. The molecule has 0 aromatic carbocycles. The monoisotopic (exact) mass is 460 g/mol. The molecule has 0 radical (unpaired) electrons. The van der Waals surface area contributed by atoms with Crippen molar-refractivity contribution < 1.29 is 19.4 Å². The topological polar surface area (TPSA) is 87.7 Å². The van der Waals surface area contributed by atoms with Crippen molar-refractivity contribution >= 4 is 12.0 Å². The molecule has 0 fully saturated rings. The van der Waals surface area contributed by atoms with Crippen LogP contribution >= 0.6 is 0 Å². The van der Waals surface area contributed by atoms with Crippen LogP contribution in [0.25, 0.3) is 0 Å². The van der Waals surface area contributed by atoms with E-state index in [2.05, 4.69) is 78.3 Å². The predicted molar refractivity (Wildman–Crippen MR) is 137 cm³/mol. The molecule has 0 aliphatic carbocycles. The van der Waals surface area contributed by atoms with Crippen LogP contribution in [0.15, 0.2) is 60.8 Å². The van der Waals surface area contributed by atoms with E-state index in [0.717, 1.165) is 51.4 Å². The molecule has 3 N–H and O–H groups in total. The first-order chi connectivity index (χ1) is 16.1. The van der Waals surface area contributed by atoms with Gasteiger partial charge in [-0.05, 0) is 57.8 Å². The molecule has 0 aromatic heterocycles. The molecule has 1 atom stereocenters. The summed E-state index contributed by atoms with van der Waals surface area (Å²) in [5.41, 5.74) is 0. The normalized spacial score (nSPS) is 13.2. The summed E-state index contributed by atoms with van der Waals surface area (Å²) in [7, 11) is 0. The SMILES string of the molecule is CC/C=C\C/C=C\C/C=C\C/C=C\C/C=C\CCCCOC(CC)C(=O)NCCNC(=O)O. The lowest BCUT2D eigenvalue weighted by molar-refractivity contribution is -0.133. The second kappa shape index (κ2) is 24.1. The molecule has 6 heteroatoms. The van der Waals surface area contributed by atoms with Crippen LogP contribution in [0.5, 0.6) is 0 Å². The quantitative estimate of drug-likeness (QED) is 0.152. The molecule has 0 saturated heterocycles. The number of nitrogens with one attached hydrogen (secondary N) is 2. The van der Waals surface area contributed by atoms with Crippen LogP contribution in [0.2, 0.25) is 0 Å². The van der Waals surface area contributed by atoms with E-state index in [-0.39, 0.29) is 19.0 Å². The zero-order valence-corrected chi connectivity index (χ0v) is 20.5.